The van der Waals surface area contributed by atoms with Gasteiger partial charge in [-0.1, -0.05) is 33.8 Å². The molecule has 1 aromatic heterocycles. The molecule has 0 radical (unpaired) electrons. The van der Waals surface area contributed by atoms with E-state index < -0.39 is 7.81 Å². The van der Waals surface area contributed by atoms with Crippen molar-refractivity contribution in [3.05, 3.63) is 64.4 Å². The van der Waals surface area contributed by atoms with E-state index >= 15 is 0 Å². The molecule has 0 fully saturated rings. The molecule has 0 unspecified atom stereocenters. The molecular formula is C14H11BrF6NP. The Hall–Kier alpha value is -1.58. The number of aromatic nitrogens is 1. The summed E-state index contributed by atoms with van der Waals surface area (Å²) in [6.45, 7) is 0. The first-order valence-corrected chi connectivity index (χ1v) is 8.80. The first-order chi connectivity index (χ1) is 10.2. The minimum atomic E-state index is -10.7. The van der Waals surface area contributed by atoms with Gasteiger partial charge in [0.15, 0.2) is 12.4 Å². The van der Waals surface area contributed by atoms with Gasteiger partial charge in [0.05, 0.1) is 0 Å². The van der Waals surface area contributed by atoms with Crippen LogP contribution >= 0.6 is 23.7 Å². The average molecular weight is 418 g/mol. The summed E-state index contributed by atoms with van der Waals surface area (Å²) < 4.78 is 62.2. The zero-order valence-corrected chi connectivity index (χ0v) is 14.1. The summed E-state index contributed by atoms with van der Waals surface area (Å²) in [5, 5.41) is 0. The third-order valence-corrected chi connectivity index (χ3v) is 2.65. The number of rotatable bonds is 0. The Kier molecular flexibility index (Phi) is 5.20. The van der Waals surface area contributed by atoms with Crippen molar-refractivity contribution in [2.75, 3.05) is 0 Å². The Labute approximate surface area is 137 Å². The van der Waals surface area contributed by atoms with Gasteiger partial charge in [-0.2, -0.15) is 0 Å². The quantitative estimate of drug-likeness (QED) is 0.212. The van der Waals surface area contributed by atoms with Crippen LogP contribution in [0.2, 0.25) is 0 Å². The molecule has 0 saturated heterocycles. The fraction of sp³-hybridized carbons (Fsp3) is 0.0714. The number of pyridine rings is 1. The van der Waals surface area contributed by atoms with Crippen LogP contribution in [0.5, 0.6) is 0 Å². The SMILES string of the molecule is C[n+]1ccc(C#Cc2cccc(Br)c2)cc1.F[P-](F)(F)(F)(F)F. The fourth-order valence-electron chi connectivity index (χ4n) is 1.29. The van der Waals surface area contributed by atoms with Crippen molar-refractivity contribution < 1.29 is 29.7 Å². The van der Waals surface area contributed by atoms with Gasteiger partial charge in [-0.05, 0) is 18.2 Å². The molecule has 0 N–H and O–H groups in total. The molecular weight excluding hydrogens is 407 g/mol. The Morgan fingerprint density at radius 3 is 1.83 bits per heavy atom. The normalized spacial score (nSPS) is 13.6. The Bertz CT molecular complexity index is 733. The van der Waals surface area contributed by atoms with E-state index in [1.165, 1.54) is 0 Å². The molecule has 1 heterocycles. The number of halogens is 7. The van der Waals surface area contributed by atoms with Crippen molar-refractivity contribution in [2.24, 2.45) is 7.05 Å². The van der Waals surface area contributed by atoms with Gasteiger partial charge in [-0.15, -0.1) is 0 Å². The van der Waals surface area contributed by atoms with Gasteiger partial charge in [0.1, 0.15) is 7.05 Å². The van der Waals surface area contributed by atoms with Crippen molar-refractivity contribution in [3.63, 3.8) is 0 Å². The van der Waals surface area contributed by atoms with Crippen LogP contribution in [0.3, 0.4) is 0 Å². The monoisotopic (exact) mass is 417 g/mol. The van der Waals surface area contributed by atoms with Gasteiger partial charge in [-0.3, -0.25) is 0 Å². The van der Waals surface area contributed by atoms with E-state index in [4.69, 9.17) is 0 Å². The summed E-state index contributed by atoms with van der Waals surface area (Å²) in [5.41, 5.74) is 2.04. The third-order valence-electron chi connectivity index (χ3n) is 2.15. The molecule has 1 nitrogen and oxygen atoms in total. The van der Waals surface area contributed by atoms with Gasteiger partial charge < -0.3 is 0 Å². The summed E-state index contributed by atoms with van der Waals surface area (Å²) in [5.74, 6) is 6.26. The van der Waals surface area contributed by atoms with Crippen molar-refractivity contribution >= 4 is 23.7 Å². The summed E-state index contributed by atoms with van der Waals surface area (Å²) >= 11 is 3.43. The number of aryl methyl sites for hydroxylation is 1. The molecule has 2 rings (SSSR count). The van der Waals surface area contributed by atoms with Gasteiger partial charge in [0.25, 0.3) is 0 Å². The molecule has 0 aliphatic rings. The van der Waals surface area contributed by atoms with Crippen molar-refractivity contribution in [1.29, 1.82) is 0 Å². The van der Waals surface area contributed by atoms with Gasteiger partial charge in [0.2, 0.25) is 0 Å². The van der Waals surface area contributed by atoms with E-state index in [0.717, 1.165) is 15.6 Å². The predicted molar refractivity (Wildman–Crippen MR) is 81.3 cm³/mol. The van der Waals surface area contributed by atoms with E-state index in [2.05, 4.69) is 27.8 Å². The first kappa shape index (κ1) is 19.5. The molecule has 0 saturated carbocycles. The zero-order valence-electron chi connectivity index (χ0n) is 11.7. The average Bonchev–Trinajstić information content (AvgIpc) is 2.34. The Morgan fingerprint density at radius 1 is 0.870 bits per heavy atom. The van der Waals surface area contributed by atoms with Crippen molar-refractivity contribution in [3.8, 4) is 11.8 Å². The molecule has 9 heteroatoms. The minimum absolute atomic E-state index is 1.02. The molecule has 1 aromatic carbocycles. The number of hydrogen-bond donors (Lipinski definition) is 0. The molecule has 0 aliphatic carbocycles. The second kappa shape index (κ2) is 6.14. The summed E-state index contributed by atoms with van der Waals surface area (Å²) in [6, 6.07) is 12.0. The summed E-state index contributed by atoms with van der Waals surface area (Å²) in [4.78, 5) is 0. The molecule has 23 heavy (non-hydrogen) atoms. The molecule has 0 bridgehead atoms. The fourth-order valence-corrected chi connectivity index (χ4v) is 1.69. The summed E-state index contributed by atoms with van der Waals surface area (Å²) in [6.07, 6.45) is 3.98. The van der Waals surface area contributed by atoms with Crippen LogP contribution in [0.1, 0.15) is 11.1 Å². The van der Waals surface area contributed by atoms with Crippen LogP contribution in [-0.2, 0) is 7.05 Å². The molecule has 0 spiro atoms. The third kappa shape index (κ3) is 12.6. The molecule has 0 atom stereocenters. The topological polar surface area (TPSA) is 3.88 Å². The van der Waals surface area contributed by atoms with E-state index in [9.17, 15) is 25.2 Å². The van der Waals surface area contributed by atoms with Crippen LogP contribution in [0.15, 0.2) is 53.3 Å². The summed E-state index contributed by atoms with van der Waals surface area (Å²) in [7, 11) is -8.67. The second-order valence-electron chi connectivity index (χ2n) is 4.47. The Morgan fingerprint density at radius 2 is 1.35 bits per heavy atom. The number of benzene rings is 1. The van der Waals surface area contributed by atoms with Crippen molar-refractivity contribution in [2.45, 2.75) is 0 Å². The van der Waals surface area contributed by atoms with Crippen LogP contribution in [0.4, 0.5) is 25.2 Å². The van der Waals surface area contributed by atoms with Crippen LogP contribution < -0.4 is 4.57 Å². The van der Waals surface area contributed by atoms with Gasteiger partial charge in [-0.25, -0.2) is 4.57 Å². The maximum absolute atomic E-state index is 10.7. The number of hydrogen-bond acceptors (Lipinski definition) is 0. The molecule has 0 aliphatic heterocycles. The van der Waals surface area contributed by atoms with E-state index in [1.807, 2.05) is 60.4 Å². The zero-order chi connectivity index (χ0) is 17.8. The maximum atomic E-state index is 9.87. The molecule has 2 aromatic rings. The molecule has 0 amide bonds. The van der Waals surface area contributed by atoms with Crippen LogP contribution in [0, 0.1) is 11.8 Å². The number of nitrogens with zero attached hydrogens (tertiary/aromatic N) is 1. The Balaban J connectivity index is 0.000000322. The van der Waals surface area contributed by atoms with Crippen LogP contribution in [-0.4, -0.2) is 0 Å². The van der Waals surface area contributed by atoms with E-state index in [0.29, 0.717) is 0 Å². The van der Waals surface area contributed by atoms with Gasteiger partial charge in [0, 0.05) is 27.7 Å². The van der Waals surface area contributed by atoms with E-state index in [-0.39, 0.29) is 0 Å². The van der Waals surface area contributed by atoms with E-state index in [1.54, 1.807) is 0 Å². The van der Waals surface area contributed by atoms with Crippen molar-refractivity contribution in [1.82, 2.24) is 0 Å². The molecule has 126 valence electrons. The predicted octanol–water partition coefficient (Wildman–Crippen LogP) is 6.06. The second-order valence-corrected chi connectivity index (χ2v) is 7.30. The standard InChI is InChI=1S/C14H11BrN.F6P/c1-16-9-7-12(8-10-16)5-6-13-3-2-4-14(15)11-13;1-7(2,3,4,5)6/h2-4,7-11H,1H3;/q+1;-1. The van der Waals surface area contributed by atoms with Gasteiger partial charge >= 0.3 is 33.0 Å². The van der Waals surface area contributed by atoms with Crippen LogP contribution in [0.25, 0.3) is 0 Å². The first-order valence-electron chi connectivity index (χ1n) is 5.98.